The van der Waals surface area contributed by atoms with E-state index in [4.69, 9.17) is 23.7 Å². The van der Waals surface area contributed by atoms with Crippen LogP contribution in [0.2, 0.25) is 0 Å². The Kier molecular flexibility index (Phi) is 9.55. The highest BCUT2D eigenvalue weighted by atomic mass is 16.6. The first-order valence-corrected chi connectivity index (χ1v) is 15.3. The Hall–Kier alpha value is -5.08. The van der Waals surface area contributed by atoms with Crippen molar-refractivity contribution in [1.29, 1.82) is 0 Å². The SMILES string of the molecule is COc1ccc(C(OCC2OC(n3cnc4c(=O)[nH]c(N=CN(C)C)nc43)C(OC)C2O)(c2ccccc2)c2ccc(OC)cc2)cc1. The lowest BCUT2D eigenvalue weighted by molar-refractivity contribution is -0.0948. The molecule has 0 amide bonds. The number of aliphatic hydroxyl groups is 1. The number of benzene rings is 3. The molecule has 0 spiro atoms. The van der Waals surface area contributed by atoms with Gasteiger partial charge >= 0.3 is 0 Å². The van der Waals surface area contributed by atoms with Crippen molar-refractivity contribution in [3.05, 3.63) is 112 Å². The van der Waals surface area contributed by atoms with Crippen LogP contribution >= 0.6 is 0 Å². The zero-order valence-electron chi connectivity index (χ0n) is 27.3. The van der Waals surface area contributed by atoms with Crippen LogP contribution in [0.3, 0.4) is 0 Å². The minimum absolute atomic E-state index is 0.0382. The van der Waals surface area contributed by atoms with Gasteiger partial charge in [-0.25, -0.2) is 9.98 Å². The second-order valence-electron chi connectivity index (χ2n) is 11.5. The van der Waals surface area contributed by atoms with Gasteiger partial charge in [-0.1, -0.05) is 54.6 Å². The zero-order valence-corrected chi connectivity index (χ0v) is 27.3. The van der Waals surface area contributed by atoms with E-state index in [9.17, 15) is 9.90 Å². The molecule has 3 aromatic carbocycles. The molecule has 4 unspecified atom stereocenters. The van der Waals surface area contributed by atoms with Crippen LogP contribution in [0, 0.1) is 0 Å². The highest BCUT2D eigenvalue weighted by Gasteiger charge is 2.48. The zero-order chi connectivity index (χ0) is 33.8. The van der Waals surface area contributed by atoms with Crippen molar-refractivity contribution < 1.29 is 28.8 Å². The molecule has 48 heavy (non-hydrogen) atoms. The quantitative estimate of drug-likeness (QED) is 0.116. The summed E-state index contributed by atoms with van der Waals surface area (Å²) in [6.45, 7) is -0.0382. The van der Waals surface area contributed by atoms with Gasteiger partial charge in [0.15, 0.2) is 17.4 Å². The molecule has 1 aliphatic heterocycles. The van der Waals surface area contributed by atoms with Gasteiger partial charge in [0.05, 0.1) is 33.5 Å². The average molecular weight is 655 g/mol. The predicted molar refractivity (Wildman–Crippen MR) is 179 cm³/mol. The number of ether oxygens (including phenoxy) is 5. The van der Waals surface area contributed by atoms with Crippen molar-refractivity contribution in [2.75, 3.05) is 42.0 Å². The minimum atomic E-state index is -1.13. The molecule has 0 aliphatic carbocycles. The maximum Gasteiger partial charge on any atom is 0.280 e. The van der Waals surface area contributed by atoms with Gasteiger partial charge in [-0.15, -0.1) is 0 Å². The van der Waals surface area contributed by atoms with E-state index in [1.54, 1.807) is 37.8 Å². The molecule has 2 N–H and O–H groups in total. The summed E-state index contributed by atoms with van der Waals surface area (Å²) in [7, 11) is 8.34. The lowest BCUT2D eigenvalue weighted by atomic mass is 9.80. The van der Waals surface area contributed by atoms with Crippen molar-refractivity contribution in [2.24, 2.45) is 4.99 Å². The number of methoxy groups -OCH3 is 3. The van der Waals surface area contributed by atoms with Crippen LogP contribution < -0.4 is 15.0 Å². The molecule has 4 atom stereocenters. The van der Waals surface area contributed by atoms with Gasteiger partial charge in [0.25, 0.3) is 5.56 Å². The predicted octanol–water partition coefficient (Wildman–Crippen LogP) is 3.64. The molecule has 1 aliphatic rings. The topological polar surface area (TPSA) is 146 Å². The summed E-state index contributed by atoms with van der Waals surface area (Å²) in [6, 6.07) is 25.2. The van der Waals surface area contributed by atoms with E-state index in [1.807, 2.05) is 78.9 Å². The molecular weight excluding hydrogens is 616 g/mol. The standard InChI is InChI=1S/C35H38N6O7/c1-40(2)20-37-34-38-31-28(32(43)39-34)36-21-41(31)33-30(46-5)29(42)27(48-33)19-47-35(22-9-7-6-8-10-22,23-11-15-25(44-3)16-12-23)24-13-17-26(45-4)18-14-24/h6-18,20-21,27,29-30,33,42H,19H2,1-5H3,(H,38,39,43). The van der Waals surface area contributed by atoms with E-state index in [0.29, 0.717) is 11.5 Å². The van der Waals surface area contributed by atoms with E-state index in [-0.39, 0.29) is 23.7 Å². The number of nitrogens with zero attached hydrogens (tertiary/aromatic N) is 5. The average Bonchev–Trinajstić information content (AvgIpc) is 3.68. The molecule has 5 aromatic rings. The second kappa shape index (κ2) is 14.0. The van der Waals surface area contributed by atoms with Crippen molar-refractivity contribution in [3.63, 3.8) is 0 Å². The van der Waals surface area contributed by atoms with Gasteiger partial charge in [0.1, 0.15) is 35.4 Å². The summed E-state index contributed by atoms with van der Waals surface area (Å²) in [4.78, 5) is 30.2. The van der Waals surface area contributed by atoms with Gasteiger partial charge in [0, 0.05) is 21.2 Å². The number of aliphatic imine (C=N–C) groups is 1. The number of hydrogen-bond acceptors (Lipinski definition) is 10. The molecular formula is C35H38N6O7. The number of nitrogens with one attached hydrogen (secondary N) is 1. The van der Waals surface area contributed by atoms with E-state index in [2.05, 4.69) is 19.9 Å². The number of rotatable bonds is 12. The van der Waals surface area contributed by atoms with Crippen LogP contribution in [0.15, 0.2) is 95.0 Å². The fourth-order valence-electron chi connectivity index (χ4n) is 5.95. The molecule has 0 saturated carbocycles. The van der Waals surface area contributed by atoms with Crippen LogP contribution in [-0.4, -0.2) is 96.2 Å². The molecule has 13 heteroatoms. The Morgan fingerprint density at radius 3 is 2.12 bits per heavy atom. The number of aromatic amines is 1. The molecule has 2 aromatic heterocycles. The first-order valence-electron chi connectivity index (χ1n) is 15.3. The highest BCUT2D eigenvalue weighted by molar-refractivity contribution is 5.71. The molecule has 0 radical (unpaired) electrons. The van der Waals surface area contributed by atoms with Crippen molar-refractivity contribution in [1.82, 2.24) is 24.4 Å². The number of aromatic nitrogens is 4. The summed E-state index contributed by atoms with van der Waals surface area (Å²) in [5, 5.41) is 11.6. The lowest BCUT2D eigenvalue weighted by Crippen LogP contribution is -2.40. The molecule has 1 fully saturated rings. The van der Waals surface area contributed by atoms with Crippen molar-refractivity contribution in [3.8, 4) is 11.5 Å². The number of hydrogen-bond donors (Lipinski definition) is 2. The Morgan fingerprint density at radius 2 is 1.56 bits per heavy atom. The highest BCUT2D eigenvalue weighted by Crippen LogP contribution is 2.43. The normalized spacial score (nSPS) is 19.6. The van der Waals surface area contributed by atoms with Gasteiger partial charge in [-0.2, -0.15) is 4.98 Å². The monoisotopic (exact) mass is 654 g/mol. The number of H-pyrrole nitrogens is 1. The van der Waals surface area contributed by atoms with E-state index < -0.39 is 35.7 Å². The van der Waals surface area contributed by atoms with Gasteiger partial charge in [0.2, 0.25) is 5.95 Å². The maximum absolute atomic E-state index is 12.8. The third kappa shape index (κ3) is 6.16. The molecule has 6 rings (SSSR count). The largest absolute Gasteiger partial charge is 0.497 e. The Morgan fingerprint density at radius 1 is 0.958 bits per heavy atom. The lowest BCUT2D eigenvalue weighted by Gasteiger charge is -2.37. The van der Waals surface area contributed by atoms with Crippen LogP contribution in [0.5, 0.6) is 11.5 Å². The first-order chi connectivity index (χ1) is 23.3. The third-order valence-electron chi connectivity index (χ3n) is 8.33. The first kappa shape index (κ1) is 32.8. The fraction of sp³-hybridized carbons (Fsp3) is 0.314. The van der Waals surface area contributed by atoms with E-state index >= 15 is 0 Å². The molecule has 1 saturated heterocycles. The smallest absolute Gasteiger partial charge is 0.280 e. The van der Waals surface area contributed by atoms with Gasteiger partial charge in [-0.05, 0) is 41.0 Å². The Bertz CT molecular complexity index is 1860. The maximum atomic E-state index is 12.8. The molecule has 0 bridgehead atoms. The van der Waals surface area contributed by atoms with Crippen LogP contribution in [0.25, 0.3) is 11.2 Å². The van der Waals surface area contributed by atoms with Gasteiger partial charge < -0.3 is 33.7 Å². The second-order valence-corrected chi connectivity index (χ2v) is 11.5. The number of aliphatic hydroxyl groups excluding tert-OH is 1. The molecule has 3 heterocycles. The summed E-state index contributed by atoms with van der Waals surface area (Å²) in [6.07, 6.45) is -0.690. The van der Waals surface area contributed by atoms with Crippen molar-refractivity contribution >= 4 is 23.5 Å². The molecule has 13 nitrogen and oxygen atoms in total. The fourth-order valence-corrected chi connectivity index (χ4v) is 5.95. The van der Waals surface area contributed by atoms with Gasteiger partial charge in [-0.3, -0.25) is 14.3 Å². The number of imidazole rings is 1. The third-order valence-corrected chi connectivity index (χ3v) is 8.33. The van der Waals surface area contributed by atoms with Crippen LogP contribution in [0.1, 0.15) is 22.9 Å². The van der Waals surface area contributed by atoms with Crippen LogP contribution in [-0.2, 0) is 19.8 Å². The minimum Gasteiger partial charge on any atom is -0.497 e. The summed E-state index contributed by atoms with van der Waals surface area (Å²) >= 11 is 0. The number of fused-ring (bicyclic) bond motifs is 1. The van der Waals surface area contributed by atoms with E-state index in [0.717, 1.165) is 16.7 Å². The molecule has 250 valence electrons. The summed E-state index contributed by atoms with van der Waals surface area (Å²) in [5.74, 6) is 1.50. The summed E-state index contributed by atoms with van der Waals surface area (Å²) < 4.78 is 31.7. The van der Waals surface area contributed by atoms with Crippen LogP contribution in [0.4, 0.5) is 5.95 Å². The Balaban J connectivity index is 1.39. The summed E-state index contributed by atoms with van der Waals surface area (Å²) in [5.41, 5.74) is 1.29. The van der Waals surface area contributed by atoms with E-state index in [1.165, 1.54) is 19.8 Å². The Labute approximate surface area is 277 Å². The van der Waals surface area contributed by atoms with Crippen molar-refractivity contribution in [2.45, 2.75) is 30.1 Å².